The van der Waals surface area contributed by atoms with Gasteiger partial charge in [0.15, 0.2) is 11.5 Å². The number of rotatable bonds is 6. The first-order valence-corrected chi connectivity index (χ1v) is 14.3. The predicted molar refractivity (Wildman–Crippen MR) is 161 cm³/mol. The minimum Gasteiger partial charge on any atom is -0.383 e. The summed E-state index contributed by atoms with van der Waals surface area (Å²) < 4.78 is 32.1. The number of nitrogens with two attached hydrogens (primary N) is 1. The summed E-state index contributed by atoms with van der Waals surface area (Å²) in [5, 5.41) is 5.09. The predicted octanol–water partition coefficient (Wildman–Crippen LogP) is 3.55. The van der Waals surface area contributed by atoms with Crippen LogP contribution in [0.3, 0.4) is 0 Å². The maximum absolute atomic E-state index is 15.1. The number of hydrogen-bond acceptors (Lipinski definition) is 8. The topological polar surface area (TPSA) is 117 Å². The first-order chi connectivity index (χ1) is 20.9. The van der Waals surface area contributed by atoms with E-state index < -0.39 is 24.3 Å². The number of alkyl halides is 2. The minimum absolute atomic E-state index is 0.160. The monoisotopic (exact) mass is 583 g/mol. The van der Waals surface area contributed by atoms with Crippen LogP contribution in [-0.2, 0) is 11.2 Å². The number of halogens is 2. The molecule has 0 spiro atoms. The number of hydrazine groups is 1. The SMILES string of the molecule is C=CC(=O)N1CC(F)C(N[C@H]2CCc3cc(-n4c(-c5cccnc5N)nc5ccc(N6C=CCN6)nc54)ccc32)C(F)C1. The molecule has 43 heavy (non-hydrogen) atoms. The number of likely N-dealkylation sites (tertiary alicyclic amines) is 1. The fourth-order valence-corrected chi connectivity index (χ4v) is 6.25. The number of nitrogens with one attached hydrogen (secondary N) is 2. The molecular formula is C31H31F2N9O. The van der Waals surface area contributed by atoms with Crippen molar-refractivity contribution in [1.82, 2.24) is 35.2 Å². The normalized spacial score (nSPS) is 23.2. The number of piperidine rings is 1. The number of nitrogen functional groups attached to an aromatic ring is 1. The van der Waals surface area contributed by atoms with Crippen LogP contribution < -0.4 is 21.5 Å². The molecule has 1 aromatic carbocycles. The molecule has 1 aliphatic carbocycles. The summed E-state index contributed by atoms with van der Waals surface area (Å²) in [5.74, 6) is 1.23. The molecule has 1 amide bonds. The zero-order valence-electron chi connectivity index (χ0n) is 23.3. The van der Waals surface area contributed by atoms with Crippen molar-refractivity contribution in [2.75, 3.05) is 30.4 Å². The highest BCUT2D eigenvalue weighted by atomic mass is 19.1. The van der Waals surface area contributed by atoms with E-state index >= 15 is 8.78 Å². The minimum atomic E-state index is -1.53. The highest BCUT2D eigenvalue weighted by molar-refractivity contribution is 5.87. The summed E-state index contributed by atoms with van der Waals surface area (Å²) in [5.41, 5.74) is 14.5. The molecule has 3 aliphatic rings. The molecule has 10 nitrogen and oxygen atoms in total. The van der Waals surface area contributed by atoms with Crippen molar-refractivity contribution >= 4 is 28.7 Å². The number of aryl methyl sites for hydroxylation is 1. The van der Waals surface area contributed by atoms with Gasteiger partial charge in [-0.2, -0.15) is 0 Å². The van der Waals surface area contributed by atoms with Crippen molar-refractivity contribution in [2.24, 2.45) is 0 Å². The van der Waals surface area contributed by atoms with Gasteiger partial charge in [-0.1, -0.05) is 18.7 Å². The molecule has 4 aromatic rings. The molecule has 7 rings (SSSR count). The van der Waals surface area contributed by atoms with Gasteiger partial charge in [-0.15, -0.1) is 0 Å². The number of fused-ring (bicyclic) bond motifs is 2. The summed E-state index contributed by atoms with van der Waals surface area (Å²) in [6.45, 7) is 3.82. The Morgan fingerprint density at radius 2 is 1.98 bits per heavy atom. The first-order valence-electron chi connectivity index (χ1n) is 14.3. The fraction of sp³-hybridized carbons (Fsp3) is 0.290. The van der Waals surface area contributed by atoms with E-state index in [0.29, 0.717) is 34.8 Å². The quantitative estimate of drug-likeness (QED) is 0.295. The van der Waals surface area contributed by atoms with Crippen LogP contribution in [0, 0.1) is 0 Å². The molecule has 0 bridgehead atoms. The Balaban J connectivity index is 1.24. The fourth-order valence-electron chi connectivity index (χ4n) is 6.25. The second kappa shape index (κ2) is 10.9. The lowest BCUT2D eigenvalue weighted by molar-refractivity contribution is -0.130. The summed E-state index contributed by atoms with van der Waals surface area (Å²) in [6, 6.07) is 12.4. The van der Waals surface area contributed by atoms with Crippen molar-refractivity contribution in [3.8, 4) is 17.1 Å². The van der Waals surface area contributed by atoms with Crippen LogP contribution in [0.4, 0.5) is 20.4 Å². The lowest BCUT2D eigenvalue weighted by Crippen LogP contribution is -2.59. The average Bonchev–Trinajstić information content (AvgIpc) is 3.77. The summed E-state index contributed by atoms with van der Waals surface area (Å²) in [7, 11) is 0. The van der Waals surface area contributed by atoms with Crippen LogP contribution in [0.25, 0.3) is 28.2 Å². The zero-order chi connectivity index (χ0) is 29.7. The second-order valence-electron chi connectivity index (χ2n) is 11.0. The Labute approximate surface area is 246 Å². The van der Waals surface area contributed by atoms with Gasteiger partial charge in [-0.25, -0.2) is 29.2 Å². The maximum atomic E-state index is 15.1. The Kier molecular flexibility index (Phi) is 6.86. The van der Waals surface area contributed by atoms with Gasteiger partial charge in [0.1, 0.15) is 29.5 Å². The number of benzene rings is 1. The standard InChI is InChI=1S/C31H31F2N9O/c1-2-27(43)40-16-22(32)28(23(33)17-40)37-24-9-6-18-15-19(7-8-20(18)24)42-30(21-5-3-12-35-29(21)34)38-25-10-11-26(39-31(25)42)41-14-4-13-36-41/h2-5,7-8,10-12,14-15,22-24,28,36-37H,1,6,9,13,16-17H2,(H2,34,35)/t22?,23?,24-,28?/m0/s1. The number of anilines is 2. The third-order valence-corrected chi connectivity index (χ3v) is 8.36. The van der Waals surface area contributed by atoms with E-state index in [0.717, 1.165) is 41.7 Å². The van der Waals surface area contributed by atoms with Crippen molar-refractivity contribution in [1.29, 1.82) is 0 Å². The molecule has 3 aromatic heterocycles. The molecule has 2 unspecified atom stereocenters. The number of amides is 1. The van der Waals surface area contributed by atoms with Gasteiger partial charge in [-0.05, 0) is 66.4 Å². The molecule has 1 saturated heterocycles. The molecule has 12 heteroatoms. The van der Waals surface area contributed by atoms with Gasteiger partial charge in [0, 0.05) is 30.7 Å². The van der Waals surface area contributed by atoms with Crippen LogP contribution in [0.15, 0.2) is 73.6 Å². The number of carbonyl (C=O) groups is 1. The molecule has 3 atom stereocenters. The second-order valence-corrected chi connectivity index (χ2v) is 11.0. The Hall–Kier alpha value is -4.68. The van der Waals surface area contributed by atoms with Crippen LogP contribution in [0.5, 0.6) is 0 Å². The van der Waals surface area contributed by atoms with Gasteiger partial charge < -0.3 is 16.0 Å². The van der Waals surface area contributed by atoms with E-state index in [2.05, 4.69) is 28.4 Å². The van der Waals surface area contributed by atoms with Crippen molar-refractivity contribution in [3.05, 3.63) is 84.7 Å². The smallest absolute Gasteiger partial charge is 0.246 e. The number of carbonyl (C=O) groups excluding carboxylic acids is 1. The zero-order valence-corrected chi connectivity index (χ0v) is 23.3. The molecular weight excluding hydrogens is 552 g/mol. The van der Waals surface area contributed by atoms with E-state index in [1.165, 1.54) is 4.90 Å². The van der Waals surface area contributed by atoms with E-state index in [1.807, 2.05) is 58.3 Å². The van der Waals surface area contributed by atoms with Crippen LogP contribution >= 0.6 is 0 Å². The molecule has 4 N–H and O–H groups in total. The Morgan fingerprint density at radius 1 is 1.14 bits per heavy atom. The molecule has 1 fully saturated rings. The number of hydrogen-bond donors (Lipinski definition) is 3. The molecule has 0 radical (unpaired) electrons. The number of imidazole rings is 1. The van der Waals surface area contributed by atoms with E-state index in [1.54, 1.807) is 6.20 Å². The summed E-state index contributed by atoms with van der Waals surface area (Å²) >= 11 is 0. The van der Waals surface area contributed by atoms with Gasteiger partial charge in [0.05, 0.1) is 24.7 Å². The van der Waals surface area contributed by atoms with Crippen LogP contribution in [-0.4, -0.2) is 68.3 Å². The summed E-state index contributed by atoms with van der Waals surface area (Å²) in [6.07, 6.45) is 5.06. The maximum Gasteiger partial charge on any atom is 0.246 e. The van der Waals surface area contributed by atoms with Gasteiger partial charge >= 0.3 is 0 Å². The third-order valence-electron chi connectivity index (χ3n) is 8.36. The third kappa shape index (κ3) is 4.82. The highest BCUT2D eigenvalue weighted by Gasteiger charge is 2.40. The number of pyridine rings is 2. The lowest BCUT2D eigenvalue weighted by atomic mass is 9.98. The van der Waals surface area contributed by atoms with Crippen LogP contribution in [0.1, 0.15) is 23.6 Å². The molecule has 220 valence electrons. The summed E-state index contributed by atoms with van der Waals surface area (Å²) in [4.78, 5) is 27.2. The van der Waals surface area contributed by atoms with Gasteiger partial charge in [0.2, 0.25) is 5.91 Å². The van der Waals surface area contributed by atoms with E-state index in [-0.39, 0.29) is 19.1 Å². The van der Waals surface area contributed by atoms with E-state index in [9.17, 15) is 4.79 Å². The van der Waals surface area contributed by atoms with E-state index in [4.69, 9.17) is 15.7 Å². The van der Waals surface area contributed by atoms with Gasteiger partial charge in [0.25, 0.3) is 0 Å². The van der Waals surface area contributed by atoms with Crippen molar-refractivity contribution < 1.29 is 13.6 Å². The van der Waals surface area contributed by atoms with Crippen molar-refractivity contribution in [3.63, 3.8) is 0 Å². The van der Waals surface area contributed by atoms with Crippen LogP contribution in [0.2, 0.25) is 0 Å². The Bertz CT molecular complexity index is 1740. The van der Waals surface area contributed by atoms with Crippen molar-refractivity contribution in [2.45, 2.75) is 37.3 Å². The molecule has 2 aliphatic heterocycles. The Morgan fingerprint density at radius 3 is 2.72 bits per heavy atom. The van der Waals surface area contributed by atoms with Gasteiger partial charge in [-0.3, -0.25) is 14.4 Å². The lowest BCUT2D eigenvalue weighted by Gasteiger charge is -2.38. The molecule has 5 heterocycles. The number of nitrogens with zero attached hydrogens (tertiary/aromatic N) is 6. The first kappa shape index (κ1) is 27.2. The average molecular weight is 584 g/mol. The molecule has 0 saturated carbocycles. The largest absolute Gasteiger partial charge is 0.383 e. The number of aromatic nitrogens is 4. The highest BCUT2D eigenvalue weighted by Crippen LogP contribution is 2.37.